The van der Waals surface area contributed by atoms with Crippen molar-refractivity contribution in [1.82, 2.24) is 10.3 Å². The van der Waals surface area contributed by atoms with Gasteiger partial charge in [0.05, 0.1) is 26.5 Å². The zero-order valence-electron chi connectivity index (χ0n) is 20.2. The summed E-state index contributed by atoms with van der Waals surface area (Å²) < 4.78 is 10.8. The molecule has 0 aromatic heterocycles. The number of amides is 2. The van der Waals surface area contributed by atoms with Crippen molar-refractivity contribution < 1.29 is 19.1 Å². The molecule has 1 unspecified atom stereocenters. The molecule has 7 nitrogen and oxygen atoms in total. The molecule has 1 aliphatic carbocycles. The van der Waals surface area contributed by atoms with Crippen LogP contribution in [0.2, 0.25) is 0 Å². The summed E-state index contributed by atoms with van der Waals surface area (Å²) in [5, 5.41) is 9.41. The van der Waals surface area contributed by atoms with E-state index >= 15 is 0 Å². The molecule has 2 aromatic carbocycles. The van der Waals surface area contributed by atoms with Gasteiger partial charge < -0.3 is 14.8 Å². The Morgan fingerprint density at radius 1 is 1.06 bits per heavy atom. The Kier molecular flexibility index (Phi) is 7.50. The molecule has 2 aromatic rings. The second-order valence-corrected chi connectivity index (χ2v) is 8.97. The highest BCUT2D eigenvalue weighted by atomic mass is 16.5. The molecule has 1 heterocycles. The van der Waals surface area contributed by atoms with Gasteiger partial charge in [0.1, 0.15) is 0 Å². The fraction of sp³-hybridized carbons (Fsp3) is 0.444. The Morgan fingerprint density at radius 3 is 2.41 bits per heavy atom. The van der Waals surface area contributed by atoms with Crippen molar-refractivity contribution in [2.45, 2.75) is 58.0 Å². The van der Waals surface area contributed by atoms with E-state index in [1.807, 2.05) is 42.5 Å². The van der Waals surface area contributed by atoms with Gasteiger partial charge in [-0.2, -0.15) is 5.10 Å². The lowest BCUT2D eigenvalue weighted by Crippen LogP contribution is -2.36. The van der Waals surface area contributed by atoms with Gasteiger partial charge in [0.15, 0.2) is 11.5 Å². The van der Waals surface area contributed by atoms with Crippen LogP contribution in [0.1, 0.15) is 66.9 Å². The molecule has 180 valence electrons. The summed E-state index contributed by atoms with van der Waals surface area (Å²) in [5.74, 6) is 1.29. The smallest absolute Gasteiger partial charge is 0.251 e. The first kappa shape index (κ1) is 23.8. The molecule has 0 radical (unpaired) electrons. The van der Waals surface area contributed by atoms with Gasteiger partial charge in [0, 0.05) is 29.5 Å². The predicted octanol–water partition coefficient (Wildman–Crippen LogP) is 4.54. The molecule has 0 saturated heterocycles. The first-order chi connectivity index (χ1) is 16.5. The molecule has 2 aliphatic rings. The third-order valence-corrected chi connectivity index (χ3v) is 6.74. The summed E-state index contributed by atoms with van der Waals surface area (Å²) >= 11 is 0. The molecule has 0 spiro atoms. The van der Waals surface area contributed by atoms with E-state index in [1.165, 1.54) is 17.9 Å². The molecule has 34 heavy (non-hydrogen) atoms. The molecule has 1 aliphatic heterocycles. The fourth-order valence-electron chi connectivity index (χ4n) is 4.70. The van der Waals surface area contributed by atoms with Crippen molar-refractivity contribution >= 4 is 17.5 Å². The van der Waals surface area contributed by atoms with E-state index < -0.39 is 0 Å². The van der Waals surface area contributed by atoms with Gasteiger partial charge in [-0.3, -0.25) is 9.59 Å². The van der Waals surface area contributed by atoms with Gasteiger partial charge in [-0.1, -0.05) is 31.9 Å². The van der Waals surface area contributed by atoms with Crippen LogP contribution < -0.4 is 14.8 Å². The maximum atomic E-state index is 12.8. The second kappa shape index (κ2) is 10.7. The highest BCUT2D eigenvalue weighted by molar-refractivity contribution is 6.06. The Hall–Kier alpha value is -3.35. The van der Waals surface area contributed by atoms with Crippen LogP contribution in [0, 0.1) is 5.92 Å². The van der Waals surface area contributed by atoms with Gasteiger partial charge >= 0.3 is 0 Å². The van der Waals surface area contributed by atoms with E-state index in [1.54, 1.807) is 14.2 Å². The number of rotatable bonds is 8. The topological polar surface area (TPSA) is 80.2 Å². The van der Waals surface area contributed by atoms with Crippen molar-refractivity contribution in [2.75, 3.05) is 14.2 Å². The Morgan fingerprint density at radius 2 is 1.76 bits per heavy atom. The van der Waals surface area contributed by atoms with E-state index in [0.29, 0.717) is 30.0 Å². The van der Waals surface area contributed by atoms with Crippen molar-refractivity contribution in [2.24, 2.45) is 11.0 Å². The number of carbonyl (C=O) groups is 2. The first-order valence-corrected chi connectivity index (χ1v) is 12.0. The van der Waals surface area contributed by atoms with Gasteiger partial charge in [0.2, 0.25) is 5.91 Å². The van der Waals surface area contributed by atoms with Crippen LogP contribution in [-0.4, -0.2) is 42.8 Å². The minimum Gasteiger partial charge on any atom is -0.493 e. The highest BCUT2D eigenvalue weighted by Crippen LogP contribution is 2.31. The SMILES string of the molecule is CCC1CC(=O)N(Cc2ccc(C(=O)NC3CCCC3)cc2)N=C1c1ccc(OC)c(OC)c1. The molecular formula is C27H33N3O4. The maximum Gasteiger partial charge on any atom is 0.251 e. The zero-order valence-corrected chi connectivity index (χ0v) is 20.2. The monoisotopic (exact) mass is 463 g/mol. The zero-order chi connectivity index (χ0) is 24.1. The van der Waals surface area contributed by atoms with E-state index in [2.05, 4.69) is 12.2 Å². The standard InChI is InChI=1S/C27H33N3O4/c1-4-19-16-25(31)30(29-26(19)21-13-14-23(33-2)24(15-21)34-3)17-18-9-11-20(12-10-18)27(32)28-22-7-5-6-8-22/h9-15,19,22H,4-8,16-17H2,1-3H3,(H,28,32). The number of hydrogen-bond acceptors (Lipinski definition) is 5. The Bertz CT molecular complexity index is 1060. The van der Waals surface area contributed by atoms with Crippen LogP contribution in [0.25, 0.3) is 0 Å². The third kappa shape index (κ3) is 5.24. The molecule has 7 heteroatoms. The van der Waals surface area contributed by atoms with E-state index in [0.717, 1.165) is 36.1 Å². The Balaban J connectivity index is 1.51. The normalized spacial score (nSPS) is 18.6. The lowest BCUT2D eigenvalue weighted by Gasteiger charge is -2.29. The van der Waals surface area contributed by atoms with Crippen molar-refractivity contribution in [3.8, 4) is 11.5 Å². The molecule has 0 bridgehead atoms. The van der Waals surface area contributed by atoms with Crippen LogP contribution in [0.3, 0.4) is 0 Å². The van der Waals surface area contributed by atoms with E-state index in [4.69, 9.17) is 14.6 Å². The first-order valence-electron chi connectivity index (χ1n) is 12.0. The van der Waals surface area contributed by atoms with Crippen molar-refractivity contribution in [3.05, 3.63) is 59.2 Å². The number of benzene rings is 2. The number of nitrogens with one attached hydrogen (secondary N) is 1. The summed E-state index contributed by atoms with van der Waals surface area (Å²) in [6, 6.07) is 13.4. The number of ether oxygens (including phenoxy) is 2. The summed E-state index contributed by atoms with van der Waals surface area (Å²) in [6.45, 7) is 2.43. The van der Waals surface area contributed by atoms with Gasteiger partial charge in [0.25, 0.3) is 5.91 Å². The van der Waals surface area contributed by atoms with Crippen LogP contribution in [0.4, 0.5) is 0 Å². The Labute approximate surface area is 201 Å². The molecule has 1 fully saturated rings. The number of methoxy groups -OCH3 is 2. The molecule has 1 saturated carbocycles. The predicted molar refractivity (Wildman–Crippen MR) is 131 cm³/mol. The summed E-state index contributed by atoms with van der Waals surface area (Å²) in [5.41, 5.74) is 3.36. The van der Waals surface area contributed by atoms with Crippen LogP contribution in [0.15, 0.2) is 47.6 Å². The highest BCUT2D eigenvalue weighted by Gasteiger charge is 2.30. The van der Waals surface area contributed by atoms with Gasteiger partial charge in [-0.05, 0) is 55.2 Å². The third-order valence-electron chi connectivity index (χ3n) is 6.74. The number of hydrogen-bond donors (Lipinski definition) is 1. The summed E-state index contributed by atoms with van der Waals surface area (Å²) in [4.78, 5) is 25.4. The molecule has 1 N–H and O–H groups in total. The molecular weight excluding hydrogens is 430 g/mol. The van der Waals surface area contributed by atoms with E-state index in [-0.39, 0.29) is 23.8 Å². The average Bonchev–Trinajstić information content (AvgIpc) is 3.38. The fourth-order valence-corrected chi connectivity index (χ4v) is 4.70. The lowest BCUT2D eigenvalue weighted by atomic mass is 9.89. The minimum atomic E-state index is -0.0351. The van der Waals surface area contributed by atoms with Crippen molar-refractivity contribution in [3.63, 3.8) is 0 Å². The van der Waals surface area contributed by atoms with Crippen molar-refractivity contribution in [1.29, 1.82) is 0 Å². The van der Waals surface area contributed by atoms with Crippen LogP contribution in [0.5, 0.6) is 11.5 Å². The number of carbonyl (C=O) groups excluding carboxylic acids is 2. The number of hydrazone groups is 1. The molecule has 1 atom stereocenters. The average molecular weight is 464 g/mol. The van der Waals surface area contributed by atoms with Gasteiger partial charge in [-0.25, -0.2) is 5.01 Å². The maximum absolute atomic E-state index is 12.8. The molecule has 4 rings (SSSR count). The largest absolute Gasteiger partial charge is 0.493 e. The number of nitrogens with zero attached hydrogens (tertiary/aromatic N) is 2. The summed E-state index contributed by atoms with van der Waals surface area (Å²) in [6.07, 6.45) is 5.69. The lowest BCUT2D eigenvalue weighted by molar-refractivity contribution is -0.133. The quantitative estimate of drug-likeness (QED) is 0.623. The summed E-state index contributed by atoms with van der Waals surface area (Å²) in [7, 11) is 3.21. The van der Waals surface area contributed by atoms with E-state index in [9.17, 15) is 9.59 Å². The minimum absolute atomic E-state index is 0.000806. The molecule has 2 amide bonds. The van der Waals surface area contributed by atoms with Crippen LogP contribution in [-0.2, 0) is 11.3 Å². The second-order valence-electron chi connectivity index (χ2n) is 8.97. The van der Waals surface area contributed by atoms with Gasteiger partial charge in [-0.15, -0.1) is 0 Å². The van der Waals surface area contributed by atoms with Crippen LogP contribution >= 0.6 is 0 Å².